The quantitative estimate of drug-likeness (QED) is 0.650. The first-order valence-corrected chi connectivity index (χ1v) is 4.84. The number of alkyl halides is 2. The molecule has 13 heavy (non-hydrogen) atoms. The van der Waals surface area contributed by atoms with Gasteiger partial charge in [0.1, 0.15) is 0 Å². The molecule has 1 aliphatic rings. The van der Waals surface area contributed by atoms with Crippen molar-refractivity contribution >= 4 is 0 Å². The maximum Gasteiger partial charge on any atom is 0.248 e. The van der Waals surface area contributed by atoms with Gasteiger partial charge in [0, 0.05) is 19.3 Å². The van der Waals surface area contributed by atoms with Crippen LogP contribution in [0.15, 0.2) is 0 Å². The van der Waals surface area contributed by atoms with Crippen molar-refractivity contribution in [3.05, 3.63) is 0 Å². The highest BCUT2D eigenvalue weighted by molar-refractivity contribution is 4.88. The Hall–Kier alpha value is -0.650. The second kappa shape index (κ2) is 4.04. The lowest BCUT2D eigenvalue weighted by molar-refractivity contribution is -0.0693. The number of nitrogens with zero attached hydrogens (tertiary/aromatic N) is 1. The van der Waals surface area contributed by atoms with Crippen LogP contribution < -0.4 is 0 Å². The molecule has 0 heterocycles. The number of rotatable bonds is 2. The van der Waals surface area contributed by atoms with Crippen LogP contribution in [0.2, 0.25) is 0 Å². The van der Waals surface area contributed by atoms with Crippen molar-refractivity contribution in [1.29, 1.82) is 5.26 Å². The maximum atomic E-state index is 13.0. The lowest BCUT2D eigenvalue weighted by atomic mass is 9.75. The summed E-state index contributed by atoms with van der Waals surface area (Å²) in [6.45, 7) is 1.93. The molecule has 0 aliphatic heterocycles. The van der Waals surface area contributed by atoms with Crippen LogP contribution in [0.1, 0.15) is 39.0 Å². The van der Waals surface area contributed by atoms with Crippen LogP contribution in [0, 0.1) is 23.2 Å². The van der Waals surface area contributed by atoms with E-state index in [4.69, 9.17) is 5.26 Å². The second-order valence-electron chi connectivity index (χ2n) is 3.89. The van der Waals surface area contributed by atoms with E-state index in [2.05, 4.69) is 6.07 Å². The molecule has 0 aromatic carbocycles. The van der Waals surface area contributed by atoms with Gasteiger partial charge in [0.15, 0.2) is 0 Å². The molecule has 0 aromatic rings. The molecule has 0 aromatic heterocycles. The summed E-state index contributed by atoms with van der Waals surface area (Å²) in [5, 5.41) is 8.52. The second-order valence-corrected chi connectivity index (χ2v) is 3.89. The minimum Gasteiger partial charge on any atom is -0.207 e. The van der Waals surface area contributed by atoms with Gasteiger partial charge in [-0.2, -0.15) is 5.26 Å². The summed E-state index contributed by atoms with van der Waals surface area (Å²) in [6.07, 6.45) is 1.67. The van der Waals surface area contributed by atoms with Gasteiger partial charge in [-0.3, -0.25) is 0 Å². The lowest BCUT2D eigenvalue weighted by Gasteiger charge is -2.34. The molecule has 0 spiro atoms. The molecule has 2 atom stereocenters. The lowest BCUT2D eigenvalue weighted by Crippen LogP contribution is -2.32. The molecule has 74 valence electrons. The SMILES string of the molecule is CC[C@@H]1CC(F)(F)CC[C@H]1CC#N. The molecule has 0 saturated heterocycles. The third-order valence-corrected chi connectivity index (χ3v) is 2.99. The molecule has 1 nitrogen and oxygen atoms in total. The summed E-state index contributed by atoms with van der Waals surface area (Å²) >= 11 is 0. The highest BCUT2D eigenvalue weighted by Gasteiger charge is 2.40. The molecule has 1 saturated carbocycles. The van der Waals surface area contributed by atoms with Gasteiger partial charge in [-0.25, -0.2) is 8.78 Å². The summed E-state index contributed by atoms with van der Waals surface area (Å²) in [4.78, 5) is 0. The molecule has 1 fully saturated rings. The van der Waals surface area contributed by atoms with Crippen molar-refractivity contribution in [2.75, 3.05) is 0 Å². The first-order chi connectivity index (χ1) is 6.09. The fourth-order valence-corrected chi connectivity index (χ4v) is 2.15. The maximum absolute atomic E-state index is 13.0. The van der Waals surface area contributed by atoms with Gasteiger partial charge in [-0.15, -0.1) is 0 Å². The number of hydrogen-bond donors (Lipinski definition) is 0. The zero-order valence-electron chi connectivity index (χ0n) is 7.89. The van der Waals surface area contributed by atoms with Crippen LogP contribution in [0.25, 0.3) is 0 Å². The highest BCUT2D eigenvalue weighted by Crippen LogP contribution is 2.42. The Bertz CT molecular complexity index is 207. The zero-order chi connectivity index (χ0) is 9.90. The molecule has 3 heteroatoms. The minimum absolute atomic E-state index is 0.0180. The molecule has 1 rings (SSSR count). The van der Waals surface area contributed by atoms with Gasteiger partial charge in [0.25, 0.3) is 0 Å². The summed E-state index contributed by atoms with van der Waals surface area (Å²) in [5.41, 5.74) is 0. The average Bonchev–Trinajstić information content (AvgIpc) is 2.08. The fraction of sp³-hybridized carbons (Fsp3) is 0.900. The average molecular weight is 187 g/mol. The first kappa shape index (κ1) is 10.4. The van der Waals surface area contributed by atoms with E-state index in [1.165, 1.54) is 0 Å². The third kappa shape index (κ3) is 2.65. The molecule has 0 radical (unpaired) electrons. The van der Waals surface area contributed by atoms with Gasteiger partial charge >= 0.3 is 0 Å². The largest absolute Gasteiger partial charge is 0.248 e. The van der Waals surface area contributed by atoms with Crippen LogP contribution in [-0.4, -0.2) is 5.92 Å². The zero-order valence-corrected chi connectivity index (χ0v) is 7.89. The Labute approximate surface area is 77.7 Å². The number of hydrogen-bond acceptors (Lipinski definition) is 1. The van der Waals surface area contributed by atoms with Crippen LogP contribution in [0.5, 0.6) is 0 Å². The van der Waals surface area contributed by atoms with Crippen LogP contribution in [-0.2, 0) is 0 Å². The van der Waals surface area contributed by atoms with E-state index < -0.39 is 5.92 Å². The van der Waals surface area contributed by atoms with Gasteiger partial charge < -0.3 is 0 Å². The van der Waals surface area contributed by atoms with Crippen LogP contribution in [0.4, 0.5) is 8.78 Å². The number of halogens is 2. The van der Waals surface area contributed by atoms with E-state index >= 15 is 0 Å². The standard InChI is InChI=1S/C10H15F2N/c1-2-8-7-10(11,12)5-3-9(8)4-6-13/h8-9H,2-5,7H2,1H3/t8-,9+/m1/s1. The predicted molar refractivity (Wildman–Crippen MR) is 46.3 cm³/mol. The third-order valence-electron chi connectivity index (χ3n) is 2.99. The van der Waals surface area contributed by atoms with Gasteiger partial charge in [-0.1, -0.05) is 13.3 Å². The van der Waals surface area contributed by atoms with E-state index in [0.717, 1.165) is 6.42 Å². The first-order valence-electron chi connectivity index (χ1n) is 4.84. The van der Waals surface area contributed by atoms with E-state index in [9.17, 15) is 8.78 Å². The summed E-state index contributed by atoms with van der Waals surface area (Å²) in [6, 6.07) is 2.08. The molecule has 0 bridgehead atoms. The monoisotopic (exact) mass is 187 g/mol. The molecule has 0 amide bonds. The Morgan fingerprint density at radius 2 is 2.15 bits per heavy atom. The summed E-state index contributed by atoms with van der Waals surface area (Å²) in [5.74, 6) is -2.23. The molecule has 0 unspecified atom stereocenters. The van der Waals surface area contributed by atoms with Crippen molar-refractivity contribution in [2.24, 2.45) is 11.8 Å². The topological polar surface area (TPSA) is 23.8 Å². The smallest absolute Gasteiger partial charge is 0.207 e. The molecule has 0 N–H and O–H groups in total. The normalized spacial score (nSPS) is 32.5. The molecular weight excluding hydrogens is 172 g/mol. The Morgan fingerprint density at radius 3 is 2.69 bits per heavy atom. The Balaban J connectivity index is 2.56. The molecule has 1 aliphatic carbocycles. The van der Waals surface area contributed by atoms with Gasteiger partial charge in [0.05, 0.1) is 6.07 Å². The van der Waals surface area contributed by atoms with Crippen molar-refractivity contribution in [2.45, 2.75) is 45.0 Å². The summed E-state index contributed by atoms with van der Waals surface area (Å²) in [7, 11) is 0. The predicted octanol–water partition coefficient (Wildman–Crippen LogP) is 3.36. The molecular formula is C10H15F2N. The fourth-order valence-electron chi connectivity index (χ4n) is 2.15. The van der Waals surface area contributed by atoms with Crippen molar-refractivity contribution in [1.82, 2.24) is 0 Å². The van der Waals surface area contributed by atoms with Gasteiger partial charge in [-0.05, 0) is 18.3 Å². The van der Waals surface area contributed by atoms with E-state index in [1.807, 2.05) is 6.92 Å². The highest BCUT2D eigenvalue weighted by atomic mass is 19.3. The van der Waals surface area contributed by atoms with Crippen LogP contribution >= 0.6 is 0 Å². The number of nitriles is 1. The van der Waals surface area contributed by atoms with Gasteiger partial charge in [0.2, 0.25) is 5.92 Å². The van der Waals surface area contributed by atoms with Crippen LogP contribution in [0.3, 0.4) is 0 Å². The van der Waals surface area contributed by atoms with E-state index in [0.29, 0.717) is 12.8 Å². The van der Waals surface area contributed by atoms with E-state index in [1.54, 1.807) is 0 Å². The summed E-state index contributed by atoms with van der Waals surface area (Å²) < 4.78 is 25.9. The van der Waals surface area contributed by atoms with Crippen molar-refractivity contribution in [3.8, 4) is 6.07 Å². The van der Waals surface area contributed by atoms with Crippen molar-refractivity contribution < 1.29 is 8.78 Å². The van der Waals surface area contributed by atoms with E-state index in [-0.39, 0.29) is 24.7 Å². The Kier molecular flexibility index (Phi) is 3.24. The Morgan fingerprint density at radius 1 is 1.46 bits per heavy atom. The minimum atomic E-state index is -2.48. The van der Waals surface area contributed by atoms with Crippen molar-refractivity contribution in [3.63, 3.8) is 0 Å².